The first-order valence-corrected chi connectivity index (χ1v) is 0. The van der Waals surface area contributed by atoms with E-state index in [-0.39, 0.29) is 46.0 Å². The summed E-state index contributed by atoms with van der Waals surface area (Å²) in [5.74, 6) is 0. The van der Waals surface area contributed by atoms with Crippen LogP contribution in [0.5, 0.6) is 0 Å². The Morgan fingerprint density at radius 1 is 0.500 bits per heavy atom. The topological polar surface area (TPSA) is 94.5 Å². The predicted molar refractivity (Wildman–Crippen MR) is 18.0 cm³/mol. The van der Waals surface area contributed by atoms with E-state index in [1.807, 2.05) is 0 Å². The average molecular weight is 78.0 g/mol. The summed E-state index contributed by atoms with van der Waals surface area (Å²) in [7, 11) is 0. The fourth-order valence-electron chi connectivity index (χ4n) is 0. The molecule has 0 aromatic heterocycles. The summed E-state index contributed by atoms with van der Waals surface area (Å²) in [6.45, 7) is 0. The van der Waals surface area contributed by atoms with Crippen LogP contribution < -0.4 is 0 Å². The van der Waals surface area contributed by atoms with Crippen molar-refractivity contribution in [2.24, 2.45) is 0 Å². The number of rotatable bonds is 0. The third-order valence-corrected chi connectivity index (χ3v) is 0. The Bertz CT molecular complexity index is 3.25. The molecule has 0 unspecified atom stereocenters. The Hall–Kier alpha value is 0.880. The van der Waals surface area contributed by atoms with Crippen LogP contribution in [0.25, 0.3) is 0 Å². The van der Waals surface area contributed by atoms with E-state index in [9.17, 15) is 0 Å². The summed E-state index contributed by atoms with van der Waals surface area (Å²) in [6.07, 6.45) is 0. The molecule has 0 aliphatic rings. The second kappa shape index (κ2) is 41.6. The van der Waals surface area contributed by atoms with Crippen molar-refractivity contribution >= 4 is 29.6 Å². The Labute approximate surface area is 46.2 Å². The van der Waals surface area contributed by atoms with Gasteiger partial charge in [-0.05, 0) is 0 Å². The summed E-state index contributed by atoms with van der Waals surface area (Å²) in [6, 6.07) is 0. The summed E-state index contributed by atoms with van der Waals surface area (Å²) < 4.78 is 0. The van der Waals surface area contributed by atoms with Gasteiger partial charge in [0.2, 0.25) is 0 Å². The third kappa shape index (κ3) is 13.1. The van der Waals surface area contributed by atoms with Crippen LogP contribution in [0.4, 0.5) is 0 Å². The molecule has 0 aromatic carbocycles. The normalized spacial score (nSPS) is 0. The molecular formula is H7NaO3. The van der Waals surface area contributed by atoms with E-state index in [0.717, 1.165) is 0 Å². The second-order valence-electron chi connectivity index (χ2n) is 0. The van der Waals surface area contributed by atoms with Crippen LogP contribution in [0.15, 0.2) is 0 Å². The summed E-state index contributed by atoms with van der Waals surface area (Å²) in [5.41, 5.74) is 0. The minimum absolute atomic E-state index is 0. The van der Waals surface area contributed by atoms with Crippen molar-refractivity contribution in [3.05, 3.63) is 0 Å². The zero-order chi connectivity index (χ0) is 0. The van der Waals surface area contributed by atoms with Gasteiger partial charge in [0.05, 0.1) is 0 Å². The molecule has 26 valence electrons. The Morgan fingerprint density at radius 2 is 0.500 bits per heavy atom. The molecule has 3 nitrogen and oxygen atoms in total. The fourth-order valence-corrected chi connectivity index (χ4v) is 0. The van der Waals surface area contributed by atoms with Crippen LogP contribution >= 0.6 is 0 Å². The maximum atomic E-state index is 0. The monoisotopic (exact) mass is 78.0 g/mol. The molecule has 0 aliphatic carbocycles. The van der Waals surface area contributed by atoms with Crippen molar-refractivity contribution in [2.75, 3.05) is 0 Å². The first-order chi connectivity index (χ1) is 0. The molecule has 0 saturated heterocycles. The Balaban J connectivity index is 0. The minimum atomic E-state index is 0. The van der Waals surface area contributed by atoms with Crippen LogP contribution in [0.1, 0.15) is 0 Å². The third-order valence-electron chi connectivity index (χ3n) is 0. The molecule has 0 saturated carbocycles. The van der Waals surface area contributed by atoms with Gasteiger partial charge in [0, 0.05) is 0 Å². The predicted octanol–water partition coefficient (Wildman–Crippen LogP) is -3.12. The maximum absolute atomic E-state index is 0. The molecule has 6 N–H and O–H groups in total. The molecule has 0 radical (unpaired) electrons. The molecule has 0 fully saturated rings. The van der Waals surface area contributed by atoms with E-state index in [4.69, 9.17) is 0 Å². The van der Waals surface area contributed by atoms with E-state index in [1.165, 1.54) is 0 Å². The van der Waals surface area contributed by atoms with Crippen molar-refractivity contribution in [1.82, 2.24) is 0 Å². The van der Waals surface area contributed by atoms with Crippen molar-refractivity contribution < 1.29 is 16.4 Å². The van der Waals surface area contributed by atoms with Crippen molar-refractivity contribution in [2.45, 2.75) is 0 Å². The van der Waals surface area contributed by atoms with Crippen LogP contribution in [0.3, 0.4) is 0 Å². The van der Waals surface area contributed by atoms with Crippen LogP contribution in [0.2, 0.25) is 0 Å². The van der Waals surface area contributed by atoms with Gasteiger partial charge in [0.1, 0.15) is 0 Å². The van der Waals surface area contributed by atoms with Crippen molar-refractivity contribution in [1.29, 1.82) is 0 Å². The zero-order valence-electron chi connectivity index (χ0n) is 1.50. The summed E-state index contributed by atoms with van der Waals surface area (Å²) in [5, 5.41) is 0. The average Bonchev–Trinajstić information content (AvgIpc) is 0. The molecule has 0 rings (SSSR count). The molecule has 0 aromatic rings. The molecular weight excluding hydrogens is 71.0 g/mol. The molecule has 4 heavy (non-hydrogen) atoms. The molecule has 0 bridgehead atoms. The van der Waals surface area contributed by atoms with Gasteiger partial charge in [0.15, 0.2) is 0 Å². The summed E-state index contributed by atoms with van der Waals surface area (Å²) in [4.78, 5) is 0. The van der Waals surface area contributed by atoms with Crippen LogP contribution in [-0.4, -0.2) is 46.0 Å². The van der Waals surface area contributed by atoms with Gasteiger partial charge in [-0.25, -0.2) is 0 Å². The molecule has 0 heterocycles. The quantitative estimate of drug-likeness (QED) is 0.274. The second-order valence-corrected chi connectivity index (χ2v) is 0. The van der Waals surface area contributed by atoms with Gasteiger partial charge in [-0.2, -0.15) is 0 Å². The standard InChI is InChI=1S/Na.3H2O.H/h;3*1H2;. The van der Waals surface area contributed by atoms with Crippen molar-refractivity contribution in [3.63, 3.8) is 0 Å². The number of hydrogen-bond acceptors (Lipinski definition) is 0. The van der Waals surface area contributed by atoms with Gasteiger partial charge < -0.3 is 16.4 Å². The molecule has 0 amide bonds. The van der Waals surface area contributed by atoms with Gasteiger partial charge in [0.25, 0.3) is 0 Å². The van der Waals surface area contributed by atoms with Gasteiger partial charge in [-0.1, -0.05) is 0 Å². The van der Waals surface area contributed by atoms with Gasteiger partial charge >= 0.3 is 29.6 Å². The Kier molecular flexibility index (Phi) is 986. The molecule has 0 spiro atoms. The van der Waals surface area contributed by atoms with Crippen LogP contribution in [0, 0.1) is 0 Å². The zero-order valence-corrected chi connectivity index (χ0v) is 1.50. The van der Waals surface area contributed by atoms with Crippen molar-refractivity contribution in [3.8, 4) is 0 Å². The van der Waals surface area contributed by atoms with Crippen LogP contribution in [-0.2, 0) is 0 Å². The number of hydrogen-bond donors (Lipinski definition) is 0. The SMILES string of the molecule is O.O.O.[NaH]. The molecule has 0 aliphatic heterocycles. The van der Waals surface area contributed by atoms with E-state index >= 15 is 0 Å². The first-order valence-electron chi connectivity index (χ1n) is 0. The Morgan fingerprint density at radius 3 is 0.500 bits per heavy atom. The first kappa shape index (κ1) is 94.9. The van der Waals surface area contributed by atoms with E-state index in [1.54, 1.807) is 0 Å². The van der Waals surface area contributed by atoms with E-state index < -0.39 is 0 Å². The fraction of sp³-hybridized carbons (Fsp3) is 0. The summed E-state index contributed by atoms with van der Waals surface area (Å²) >= 11 is 0. The van der Waals surface area contributed by atoms with E-state index in [0.29, 0.717) is 0 Å². The van der Waals surface area contributed by atoms with Gasteiger partial charge in [-0.15, -0.1) is 0 Å². The molecule has 4 heteroatoms. The molecule has 0 atom stereocenters. The van der Waals surface area contributed by atoms with E-state index in [2.05, 4.69) is 0 Å². The van der Waals surface area contributed by atoms with Gasteiger partial charge in [-0.3, -0.25) is 0 Å².